The minimum Gasteiger partial charge on any atom is -0.496 e. The Morgan fingerprint density at radius 1 is 1.02 bits per heavy atom. The molecule has 3 amide bonds. The molecule has 4 aromatic rings. The van der Waals surface area contributed by atoms with Gasteiger partial charge in [-0.25, -0.2) is 22.7 Å². The minimum absolute atomic E-state index is 0.0104. The second-order valence-electron chi connectivity index (χ2n) is 10.4. The number of fused-ring (bicyclic) bond motifs is 1. The summed E-state index contributed by atoms with van der Waals surface area (Å²) >= 11 is 0. The number of nitrogens with two attached hydrogens (primary N) is 1. The zero-order valence-corrected chi connectivity index (χ0v) is 24.6. The van der Waals surface area contributed by atoms with Gasteiger partial charge in [0.1, 0.15) is 11.9 Å². The molecule has 11 nitrogen and oxygen atoms in total. The van der Waals surface area contributed by atoms with Crippen molar-refractivity contribution >= 4 is 44.6 Å². The molecule has 224 valence electrons. The highest BCUT2D eigenvalue weighted by molar-refractivity contribution is 7.90. The van der Waals surface area contributed by atoms with E-state index in [-0.39, 0.29) is 23.0 Å². The largest absolute Gasteiger partial charge is 0.496 e. The van der Waals surface area contributed by atoms with Gasteiger partial charge in [-0.2, -0.15) is 0 Å². The third kappa shape index (κ3) is 6.33. The number of rotatable bonds is 8. The van der Waals surface area contributed by atoms with E-state index in [4.69, 9.17) is 15.2 Å². The molecule has 12 heteroatoms. The van der Waals surface area contributed by atoms with Gasteiger partial charge in [0.05, 0.1) is 17.5 Å². The van der Waals surface area contributed by atoms with Crippen molar-refractivity contribution in [2.75, 3.05) is 12.4 Å². The van der Waals surface area contributed by atoms with E-state index < -0.39 is 28.1 Å². The van der Waals surface area contributed by atoms with Crippen LogP contribution in [0, 0.1) is 6.92 Å². The van der Waals surface area contributed by atoms with Crippen LogP contribution in [0.3, 0.4) is 0 Å². The number of anilines is 1. The van der Waals surface area contributed by atoms with Crippen LogP contribution in [-0.2, 0) is 21.2 Å². The molecule has 0 bridgehead atoms. The lowest BCUT2D eigenvalue weighted by atomic mass is 9.97. The fourth-order valence-corrected chi connectivity index (χ4v) is 6.65. The monoisotopic (exact) mass is 604 g/mol. The van der Waals surface area contributed by atoms with Gasteiger partial charge in [0.2, 0.25) is 0 Å². The Morgan fingerprint density at radius 3 is 2.47 bits per heavy atom. The number of primary amides is 1. The van der Waals surface area contributed by atoms with E-state index in [1.807, 2.05) is 0 Å². The average molecular weight is 605 g/mol. The fourth-order valence-electron chi connectivity index (χ4n) is 5.44. The molecule has 43 heavy (non-hydrogen) atoms. The number of carbonyl (C=O) groups excluding carboxylic acids is 3. The maximum absolute atomic E-state index is 13.4. The van der Waals surface area contributed by atoms with E-state index in [9.17, 15) is 22.8 Å². The first-order valence-electron chi connectivity index (χ1n) is 13.8. The molecule has 1 heterocycles. The van der Waals surface area contributed by atoms with Crippen molar-refractivity contribution in [1.29, 1.82) is 0 Å². The van der Waals surface area contributed by atoms with E-state index in [2.05, 4.69) is 10.0 Å². The Hall–Kier alpha value is -4.84. The van der Waals surface area contributed by atoms with Gasteiger partial charge in [0, 0.05) is 34.8 Å². The van der Waals surface area contributed by atoms with Gasteiger partial charge in [-0.05, 0) is 80.1 Å². The highest BCUT2D eigenvalue weighted by atomic mass is 32.2. The second-order valence-corrected chi connectivity index (χ2v) is 12.0. The number of nitrogens with one attached hydrogen (secondary N) is 2. The number of aryl methyl sites for hydroxylation is 1. The molecule has 1 aliphatic carbocycles. The van der Waals surface area contributed by atoms with Crippen LogP contribution in [0.1, 0.15) is 52.7 Å². The second kappa shape index (κ2) is 12.2. The topological polar surface area (TPSA) is 159 Å². The standard InChI is InChI=1S/C31H32N4O7S/c1-19-8-3-6-13-28(19)43(39,40)34-29(36)23-11-7-12-27(41-2)25(23)16-20-18-35(30(32)37)26-15-14-21(17-24(20)26)33-31(38)42-22-9-4-5-10-22/h3,6-8,11-15,17-18,22H,4-5,9-10,16H2,1-2H3,(H2,32,37)(H,33,38)(H,34,36). The first-order valence-corrected chi connectivity index (χ1v) is 15.3. The molecule has 4 N–H and O–H groups in total. The van der Waals surface area contributed by atoms with E-state index in [1.54, 1.807) is 61.7 Å². The van der Waals surface area contributed by atoms with E-state index in [0.29, 0.717) is 39.0 Å². The van der Waals surface area contributed by atoms with Gasteiger partial charge >= 0.3 is 12.1 Å². The van der Waals surface area contributed by atoms with Crippen LogP contribution in [0.15, 0.2) is 71.8 Å². The number of sulfonamides is 1. The predicted molar refractivity (Wildman–Crippen MR) is 161 cm³/mol. The van der Waals surface area contributed by atoms with Crippen molar-refractivity contribution in [3.05, 3.63) is 89.1 Å². The number of benzene rings is 3. The number of aromatic nitrogens is 1. The summed E-state index contributed by atoms with van der Waals surface area (Å²) in [4.78, 5) is 38.2. The van der Waals surface area contributed by atoms with Crippen molar-refractivity contribution in [2.24, 2.45) is 5.73 Å². The number of hydrogen-bond acceptors (Lipinski definition) is 7. The minimum atomic E-state index is -4.17. The Morgan fingerprint density at radius 2 is 1.77 bits per heavy atom. The van der Waals surface area contributed by atoms with Gasteiger partial charge in [-0.3, -0.25) is 14.7 Å². The first kappa shape index (κ1) is 29.6. The van der Waals surface area contributed by atoms with Crippen molar-refractivity contribution in [3.8, 4) is 5.75 Å². The number of hydrogen-bond donors (Lipinski definition) is 3. The summed E-state index contributed by atoms with van der Waals surface area (Å²) in [5, 5.41) is 3.33. The van der Waals surface area contributed by atoms with Crippen LogP contribution in [0.4, 0.5) is 15.3 Å². The summed E-state index contributed by atoms with van der Waals surface area (Å²) in [7, 11) is -2.73. The van der Waals surface area contributed by atoms with E-state index in [1.165, 1.54) is 23.8 Å². The molecule has 1 aliphatic rings. The summed E-state index contributed by atoms with van der Waals surface area (Å²) in [5.74, 6) is -0.497. The fraction of sp³-hybridized carbons (Fsp3) is 0.258. The summed E-state index contributed by atoms with van der Waals surface area (Å²) in [6, 6.07) is 15.3. The highest BCUT2D eigenvalue weighted by Gasteiger charge is 2.25. The molecule has 1 saturated carbocycles. The summed E-state index contributed by atoms with van der Waals surface area (Å²) in [6.07, 6.45) is 4.65. The van der Waals surface area contributed by atoms with Crippen LogP contribution >= 0.6 is 0 Å². The molecular weight excluding hydrogens is 572 g/mol. The molecule has 1 aromatic heterocycles. The van der Waals surface area contributed by atoms with Crippen LogP contribution in [0.25, 0.3) is 10.9 Å². The summed E-state index contributed by atoms with van der Waals surface area (Å²) < 4.78 is 40.7. The van der Waals surface area contributed by atoms with Gasteiger partial charge in [-0.15, -0.1) is 0 Å². The maximum Gasteiger partial charge on any atom is 0.411 e. The summed E-state index contributed by atoms with van der Waals surface area (Å²) in [6.45, 7) is 1.64. The zero-order chi connectivity index (χ0) is 30.7. The highest BCUT2D eigenvalue weighted by Crippen LogP contribution is 2.32. The number of ether oxygens (including phenoxy) is 2. The third-order valence-corrected chi connectivity index (χ3v) is 9.01. The van der Waals surface area contributed by atoms with Crippen LogP contribution in [0.5, 0.6) is 5.75 Å². The van der Waals surface area contributed by atoms with Gasteiger partial charge in [0.25, 0.3) is 15.9 Å². The number of nitrogens with zero attached hydrogens (tertiary/aromatic N) is 1. The SMILES string of the molecule is COc1cccc(C(=O)NS(=O)(=O)c2ccccc2C)c1Cc1cn(C(N)=O)c2ccc(NC(=O)OC3CCCC3)cc12. The van der Waals surface area contributed by atoms with Gasteiger partial charge < -0.3 is 15.2 Å². The Balaban J connectivity index is 1.49. The molecule has 0 unspecified atom stereocenters. The normalized spacial score (nSPS) is 13.5. The Kier molecular flexibility index (Phi) is 8.40. The lowest BCUT2D eigenvalue weighted by Crippen LogP contribution is -2.31. The number of methoxy groups -OCH3 is 1. The van der Waals surface area contributed by atoms with E-state index >= 15 is 0 Å². The Bertz CT molecular complexity index is 1830. The zero-order valence-electron chi connectivity index (χ0n) is 23.8. The molecule has 1 fully saturated rings. The lowest BCUT2D eigenvalue weighted by Gasteiger charge is -2.15. The maximum atomic E-state index is 13.4. The van der Waals surface area contributed by atoms with Gasteiger partial charge in [-0.1, -0.05) is 24.3 Å². The number of carbonyl (C=O) groups is 3. The average Bonchev–Trinajstić information content (AvgIpc) is 3.60. The first-order chi connectivity index (χ1) is 20.6. The lowest BCUT2D eigenvalue weighted by molar-refractivity contribution is 0.0979. The van der Waals surface area contributed by atoms with Crippen molar-refractivity contribution in [3.63, 3.8) is 0 Å². The third-order valence-electron chi connectivity index (χ3n) is 7.52. The Labute approximate surface area is 249 Å². The molecule has 0 radical (unpaired) electrons. The molecule has 5 rings (SSSR count). The van der Waals surface area contributed by atoms with Crippen molar-refractivity contribution in [2.45, 2.75) is 50.0 Å². The van der Waals surface area contributed by atoms with Crippen molar-refractivity contribution < 1.29 is 32.3 Å². The van der Waals surface area contributed by atoms with E-state index in [0.717, 1.165) is 25.7 Å². The quantitative estimate of drug-likeness (QED) is 0.253. The van der Waals surface area contributed by atoms with Crippen molar-refractivity contribution in [1.82, 2.24) is 9.29 Å². The molecule has 0 atom stereocenters. The molecular formula is C31H32N4O7S. The smallest absolute Gasteiger partial charge is 0.411 e. The van der Waals surface area contributed by atoms with Crippen LogP contribution in [0.2, 0.25) is 0 Å². The summed E-state index contributed by atoms with van der Waals surface area (Å²) in [5.41, 5.74) is 8.12. The predicted octanol–water partition coefficient (Wildman–Crippen LogP) is 5.09. The van der Waals surface area contributed by atoms with Crippen LogP contribution < -0.4 is 20.5 Å². The number of amides is 3. The molecule has 3 aromatic carbocycles. The molecule has 0 saturated heterocycles. The van der Waals surface area contributed by atoms with Crippen LogP contribution in [-0.4, -0.2) is 44.2 Å². The molecule has 0 spiro atoms. The molecule has 0 aliphatic heterocycles. The van der Waals surface area contributed by atoms with Gasteiger partial charge in [0.15, 0.2) is 0 Å².